The maximum atomic E-state index is 13.3. The molecule has 2 heterocycles. The van der Waals surface area contributed by atoms with Crippen molar-refractivity contribution < 1.29 is 28.2 Å². The van der Waals surface area contributed by atoms with Crippen LogP contribution in [0.25, 0.3) is 0 Å². The summed E-state index contributed by atoms with van der Waals surface area (Å²) in [6.07, 6.45) is 3.51. The molecule has 0 aromatic heterocycles. The van der Waals surface area contributed by atoms with Gasteiger partial charge in [-0.15, -0.1) is 0 Å². The van der Waals surface area contributed by atoms with E-state index >= 15 is 0 Å². The molecule has 0 radical (unpaired) electrons. The molecule has 7 heteroatoms. The van der Waals surface area contributed by atoms with Gasteiger partial charge in [0.15, 0.2) is 0 Å². The van der Waals surface area contributed by atoms with Crippen LogP contribution in [-0.2, 0) is 23.8 Å². The highest BCUT2D eigenvalue weighted by Gasteiger charge is 2.50. The van der Waals surface area contributed by atoms with Crippen LogP contribution in [0.3, 0.4) is 0 Å². The Kier molecular flexibility index (Phi) is 7.02. The molecule has 6 nitrogen and oxygen atoms in total. The monoisotopic (exact) mass is 393 g/mol. The maximum absolute atomic E-state index is 13.3. The third-order valence-electron chi connectivity index (χ3n) is 5.92. The van der Waals surface area contributed by atoms with Crippen molar-refractivity contribution in [3.05, 3.63) is 35.6 Å². The van der Waals surface area contributed by atoms with Crippen molar-refractivity contribution >= 4 is 11.9 Å². The molecule has 4 unspecified atom stereocenters. The number of fused-ring (bicyclic) bond motifs is 2. The van der Waals surface area contributed by atoms with Crippen LogP contribution in [0.4, 0.5) is 4.39 Å². The fraction of sp³-hybridized carbons (Fsp3) is 0.619. The van der Waals surface area contributed by atoms with Crippen LogP contribution in [0.1, 0.15) is 37.2 Å². The van der Waals surface area contributed by atoms with Gasteiger partial charge in [-0.3, -0.25) is 9.69 Å². The van der Waals surface area contributed by atoms with E-state index in [-0.39, 0.29) is 42.2 Å². The lowest BCUT2D eigenvalue weighted by atomic mass is 9.76. The van der Waals surface area contributed by atoms with Crippen molar-refractivity contribution in [2.75, 3.05) is 34.0 Å². The van der Waals surface area contributed by atoms with E-state index in [1.54, 1.807) is 12.1 Å². The van der Waals surface area contributed by atoms with Crippen LogP contribution in [0, 0.1) is 11.7 Å². The molecule has 1 aromatic rings. The van der Waals surface area contributed by atoms with E-state index in [0.717, 1.165) is 31.4 Å². The Bertz CT molecular complexity index is 680. The highest BCUT2D eigenvalue weighted by molar-refractivity contribution is 5.75. The van der Waals surface area contributed by atoms with Crippen LogP contribution in [0.2, 0.25) is 0 Å². The highest BCUT2D eigenvalue weighted by Crippen LogP contribution is 2.47. The van der Waals surface area contributed by atoms with Crippen LogP contribution in [0.5, 0.6) is 0 Å². The second-order valence-electron chi connectivity index (χ2n) is 7.49. The molecule has 2 aliphatic heterocycles. The minimum atomic E-state index is -0.368. The SMILES string of the molecule is COCC(=O)OCCCN1C2CCC1C(C(=O)OC)C(c1ccc(F)cc1)C2. The zero-order valence-corrected chi connectivity index (χ0v) is 16.4. The number of hydrogen-bond acceptors (Lipinski definition) is 6. The number of rotatable bonds is 8. The van der Waals surface area contributed by atoms with Crippen molar-refractivity contribution in [1.29, 1.82) is 0 Å². The van der Waals surface area contributed by atoms with E-state index in [2.05, 4.69) is 4.90 Å². The number of hydrogen-bond donors (Lipinski definition) is 0. The smallest absolute Gasteiger partial charge is 0.332 e. The first-order valence-corrected chi connectivity index (χ1v) is 9.78. The van der Waals surface area contributed by atoms with Crippen LogP contribution < -0.4 is 0 Å². The number of ether oxygens (including phenoxy) is 3. The summed E-state index contributed by atoms with van der Waals surface area (Å²) in [5.41, 5.74) is 0.988. The third kappa shape index (κ3) is 4.52. The minimum absolute atomic E-state index is 0.0290. The van der Waals surface area contributed by atoms with E-state index in [1.165, 1.54) is 26.4 Å². The van der Waals surface area contributed by atoms with Crippen molar-refractivity contribution in [2.45, 2.75) is 43.7 Å². The van der Waals surface area contributed by atoms with E-state index in [4.69, 9.17) is 14.2 Å². The summed E-state index contributed by atoms with van der Waals surface area (Å²) >= 11 is 0. The van der Waals surface area contributed by atoms with Crippen LogP contribution in [0.15, 0.2) is 24.3 Å². The standard InChI is InChI=1S/C21H28FNO5/c1-26-13-19(24)28-11-3-10-23-16-8-9-18(23)20(21(25)27-2)17(12-16)14-4-6-15(22)7-5-14/h4-7,16-18,20H,3,8-13H2,1-2H3. The summed E-state index contributed by atoms with van der Waals surface area (Å²) in [5.74, 6) is -1.10. The van der Waals surface area contributed by atoms with Gasteiger partial charge in [0.1, 0.15) is 12.4 Å². The van der Waals surface area contributed by atoms with Gasteiger partial charge in [0.2, 0.25) is 0 Å². The van der Waals surface area contributed by atoms with Crippen LogP contribution >= 0.6 is 0 Å². The average Bonchev–Trinajstić information content (AvgIpc) is 2.96. The quantitative estimate of drug-likeness (QED) is 0.500. The Morgan fingerprint density at radius 3 is 2.61 bits per heavy atom. The van der Waals surface area contributed by atoms with Gasteiger partial charge in [-0.2, -0.15) is 0 Å². The molecule has 2 saturated heterocycles. The second-order valence-corrected chi connectivity index (χ2v) is 7.49. The second kappa shape index (κ2) is 9.47. The summed E-state index contributed by atoms with van der Waals surface area (Å²) in [6.45, 7) is 1.06. The van der Waals surface area contributed by atoms with Gasteiger partial charge >= 0.3 is 11.9 Å². The number of halogens is 1. The molecule has 28 heavy (non-hydrogen) atoms. The number of piperidine rings is 1. The molecule has 0 saturated carbocycles. The summed E-state index contributed by atoms with van der Waals surface area (Å²) in [7, 11) is 2.88. The Morgan fingerprint density at radius 2 is 1.93 bits per heavy atom. The van der Waals surface area contributed by atoms with Gasteiger partial charge < -0.3 is 14.2 Å². The van der Waals surface area contributed by atoms with Gasteiger partial charge in [0, 0.05) is 31.7 Å². The van der Waals surface area contributed by atoms with Crippen molar-refractivity contribution in [3.63, 3.8) is 0 Å². The van der Waals surface area contributed by atoms with Crippen molar-refractivity contribution in [2.24, 2.45) is 5.92 Å². The Balaban J connectivity index is 1.67. The lowest BCUT2D eigenvalue weighted by Crippen LogP contribution is -2.51. The number of esters is 2. The van der Waals surface area contributed by atoms with Crippen molar-refractivity contribution in [3.8, 4) is 0 Å². The third-order valence-corrected chi connectivity index (χ3v) is 5.92. The molecule has 2 bridgehead atoms. The summed E-state index contributed by atoms with van der Waals surface area (Å²) in [5, 5.41) is 0. The zero-order chi connectivity index (χ0) is 20.1. The fourth-order valence-electron chi connectivity index (χ4n) is 4.76. The first-order valence-electron chi connectivity index (χ1n) is 9.78. The Labute approximate surface area is 164 Å². The predicted molar refractivity (Wildman–Crippen MR) is 100 cm³/mol. The normalized spacial score (nSPS) is 26.8. The number of carbonyl (C=O) groups excluding carboxylic acids is 2. The molecule has 0 spiro atoms. The lowest BCUT2D eigenvalue weighted by molar-refractivity contribution is -0.150. The average molecular weight is 393 g/mol. The molecule has 0 amide bonds. The first kappa shape index (κ1) is 20.7. The van der Waals surface area contributed by atoms with Gasteiger partial charge in [0.25, 0.3) is 0 Å². The fourth-order valence-corrected chi connectivity index (χ4v) is 4.76. The largest absolute Gasteiger partial charge is 0.469 e. The molecule has 2 aliphatic rings. The molecule has 154 valence electrons. The molecule has 4 atom stereocenters. The number of benzene rings is 1. The van der Waals surface area contributed by atoms with Crippen LogP contribution in [-0.4, -0.2) is 62.9 Å². The lowest BCUT2D eigenvalue weighted by Gasteiger charge is -2.43. The summed E-state index contributed by atoms with van der Waals surface area (Å²) < 4.78 is 28.4. The number of carbonyl (C=O) groups is 2. The van der Waals surface area contributed by atoms with E-state index in [9.17, 15) is 14.0 Å². The molecule has 0 aliphatic carbocycles. The van der Waals surface area contributed by atoms with Gasteiger partial charge in [-0.25, -0.2) is 9.18 Å². The van der Waals surface area contributed by atoms with E-state index < -0.39 is 0 Å². The topological polar surface area (TPSA) is 65.1 Å². The molecule has 1 aromatic carbocycles. The minimum Gasteiger partial charge on any atom is -0.469 e. The highest BCUT2D eigenvalue weighted by atomic mass is 19.1. The Morgan fingerprint density at radius 1 is 1.18 bits per heavy atom. The molecule has 0 N–H and O–H groups in total. The Hall–Kier alpha value is -1.99. The van der Waals surface area contributed by atoms with E-state index in [1.807, 2.05) is 0 Å². The summed E-state index contributed by atoms with van der Waals surface area (Å²) in [6, 6.07) is 6.92. The predicted octanol–water partition coefficient (Wildman–Crippen LogP) is 2.51. The number of methoxy groups -OCH3 is 2. The van der Waals surface area contributed by atoms with Gasteiger partial charge in [-0.1, -0.05) is 12.1 Å². The molecule has 2 fully saturated rings. The van der Waals surface area contributed by atoms with Crippen molar-refractivity contribution in [1.82, 2.24) is 4.90 Å². The molecular formula is C21H28FNO5. The zero-order valence-electron chi connectivity index (χ0n) is 16.4. The summed E-state index contributed by atoms with van der Waals surface area (Å²) in [4.78, 5) is 26.4. The molecule has 3 rings (SSSR count). The maximum Gasteiger partial charge on any atom is 0.332 e. The molecular weight excluding hydrogens is 365 g/mol. The van der Waals surface area contributed by atoms with Gasteiger partial charge in [-0.05, 0) is 43.4 Å². The number of nitrogens with zero attached hydrogens (tertiary/aromatic N) is 1. The van der Waals surface area contributed by atoms with Gasteiger partial charge in [0.05, 0.1) is 19.6 Å². The van der Waals surface area contributed by atoms with E-state index in [0.29, 0.717) is 19.1 Å². The first-order chi connectivity index (χ1) is 13.5.